The topological polar surface area (TPSA) is 38.9 Å². The lowest BCUT2D eigenvalue weighted by atomic mass is 10.3. The van der Waals surface area contributed by atoms with E-state index in [1.165, 1.54) is 0 Å². The van der Waals surface area contributed by atoms with Crippen LogP contribution in [0.4, 0.5) is 0 Å². The van der Waals surface area contributed by atoms with E-state index in [-0.39, 0.29) is 4.83 Å². The van der Waals surface area contributed by atoms with Crippen molar-refractivity contribution < 1.29 is 4.52 Å². The second kappa shape index (κ2) is 5.65. The van der Waals surface area contributed by atoms with Crippen molar-refractivity contribution in [2.45, 2.75) is 30.8 Å². The zero-order valence-electron chi connectivity index (χ0n) is 7.79. The van der Waals surface area contributed by atoms with Crippen molar-refractivity contribution in [3.8, 4) is 0 Å². The van der Waals surface area contributed by atoms with Crippen molar-refractivity contribution in [3.05, 3.63) is 11.7 Å². The molecule has 1 aromatic rings. The fourth-order valence-corrected chi connectivity index (χ4v) is 1.51. The molecule has 1 unspecified atom stereocenters. The Labute approximate surface area is 90.8 Å². The van der Waals surface area contributed by atoms with Gasteiger partial charge in [-0.25, -0.2) is 0 Å². The van der Waals surface area contributed by atoms with E-state index >= 15 is 0 Å². The van der Waals surface area contributed by atoms with E-state index in [4.69, 9.17) is 4.52 Å². The quantitative estimate of drug-likeness (QED) is 0.766. The van der Waals surface area contributed by atoms with Crippen molar-refractivity contribution in [1.82, 2.24) is 10.1 Å². The van der Waals surface area contributed by atoms with E-state index in [9.17, 15) is 0 Å². The van der Waals surface area contributed by atoms with Crippen LogP contribution in [0.3, 0.4) is 0 Å². The first-order valence-corrected chi connectivity index (χ1v) is 6.39. The number of halogens is 1. The summed E-state index contributed by atoms with van der Waals surface area (Å²) in [5.41, 5.74) is 0. The zero-order valence-corrected chi connectivity index (χ0v) is 10.2. The summed E-state index contributed by atoms with van der Waals surface area (Å²) in [6.07, 6.45) is 0.961. The molecule has 1 heterocycles. The van der Waals surface area contributed by atoms with Gasteiger partial charge in [-0.3, -0.25) is 0 Å². The second-order valence-electron chi connectivity index (χ2n) is 2.56. The lowest BCUT2D eigenvalue weighted by Gasteiger charge is -1.96. The van der Waals surface area contributed by atoms with E-state index in [0.717, 1.165) is 23.8 Å². The van der Waals surface area contributed by atoms with Gasteiger partial charge in [0.1, 0.15) is 0 Å². The molecule has 1 rings (SSSR count). The maximum Gasteiger partial charge on any atom is 0.240 e. The number of hydrogen-bond acceptors (Lipinski definition) is 4. The van der Waals surface area contributed by atoms with E-state index < -0.39 is 0 Å². The van der Waals surface area contributed by atoms with E-state index in [0.29, 0.717) is 5.89 Å². The molecule has 5 heteroatoms. The fraction of sp³-hybridized carbons (Fsp3) is 0.750. The molecule has 0 aliphatic carbocycles. The van der Waals surface area contributed by atoms with Crippen LogP contribution in [-0.2, 0) is 5.75 Å². The summed E-state index contributed by atoms with van der Waals surface area (Å²) >= 11 is 5.26. The van der Waals surface area contributed by atoms with Crippen LogP contribution in [0.5, 0.6) is 0 Å². The maximum absolute atomic E-state index is 5.09. The molecule has 0 N–H and O–H groups in total. The molecule has 0 radical (unpaired) electrons. The summed E-state index contributed by atoms with van der Waals surface area (Å²) in [5, 5.41) is 3.89. The lowest BCUT2D eigenvalue weighted by molar-refractivity contribution is 0.372. The standard InChI is InChI=1S/C8H13BrN2OS/c1-3-6(9)8-10-7(11-12-8)5-13-4-2/h6H,3-5H2,1-2H3. The molecule has 0 bridgehead atoms. The Morgan fingerprint density at radius 3 is 2.92 bits per heavy atom. The molecule has 0 aliphatic heterocycles. The molecule has 13 heavy (non-hydrogen) atoms. The summed E-state index contributed by atoms with van der Waals surface area (Å²) in [6.45, 7) is 4.19. The summed E-state index contributed by atoms with van der Waals surface area (Å²) in [4.78, 5) is 4.47. The number of rotatable bonds is 5. The van der Waals surface area contributed by atoms with Gasteiger partial charge in [-0.1, -0.05) is 34.9 Å². The highest BCUT2D eigenvalue weighted by atomic mass is 79.9. The summed E-state index contributed by atoms with van der Waals surface area (Å²) in [7, 11) is 0. The number of nitrogens with zero attached hydrogens (tertiary/aromatic N) is 2. The van der Waals surface area contributed by atoms with Gasteiger partial charge < -0.3 is 4.52 Å². The van der Waals surface area contributed by atoms with E-state index in [1.54, 1.807) is 11.8 Å². The van der Waals surface area contributed by atoms with Crippen molar-refractivity contribution in [2.24, 2.45) is 0 Å². The van der Waals surface area contributed by atoms with Crippen molar-refractivity contribution in [1.29, 1.82) is 0 Å². The highest BCUT2D eigenvalue weighted by molar-refractivity contribution is 9.09. The predicted molar refractivity (Wildman–Crippen MR) is 58.1 cm³/mol. The number of hydrogen-bond donors (Lipinski definition) is 0. The van der Waals surface area contributed by atoms with Crippen LogP contribution < -0.4 is 0 Å². The third-order valence-electron chi connectivity index (χ3n) is 1.55. The summed E-state index contributed by atoms with van der Waals surface area (Å²) < 4.78 is 5.09. The van der Waals surface area contributed by atoms with Gasteiger partial charge >= 0.3 is 0 Å². The zero-order chi connectivity index (χ0) is 9.68. The Hall–Kier alpha value is -0.0300. The van der Waals surface area contributed by atoms with Crippen LogP contribution in [0.2, 0.25) is 0 Å². The van der Waals surface area contributed by atoms with Crippen LogP contribution in [0.1, 0.15) is 36.8 Å². The minimum absolute atomic E-state index is 0.195. The Balaban J connectivity index is 2.53. The largest absolute Gasteiger partial charge is 0.338 e. The van der Waals surface area contributed by atoms with Crippen LogP contribution in [0.15, 0.2) is 4.52 Å². The highest BCUT2D eigenvalue weighted by Crippen LogP contribution is 2.24. The Bertz CT molecular complexity index is 254. The monoisotopic (exact) mass is 264 g/mol. The molecule has 0 fully saturated rings. The minimum atomic E-state index is 0.195. The smallest absolute Gasteiger partial charge is 0.240 e. The van der Waals surface area contributed by atoms with Crippen LogP contribution in [-0.4, -0.2) is 15.9 Å². The first kappa shape index (κ1) is 11.0. The third kappa shape index (κ3) is 3.31. The average molecular weight is 265 g/mol. The molecule has 0 spiro atoms. The molecule has 74 valence electrons. The first-order valence-electron chi connectivity index (χ1n) is 4.32. The molecule has 0 aliphatic rings. The van der Waals surface area contributed by atoms with Gasteiger partial charge in [0.15, 0.2) is 5.82 Å². The fourth-order valence-electron chi connectivity index (χ4n) is 0.821. The van der Waals surface area contributed by atoms with E-state index in [1.807, 2.05) is 0 Å². The first-order chi connectivity index (χ1) is 6.27. The van der Waals surface area contributed by atoms with Gasteiger partial charge in [-0.05, 0) is 12.2 Å². The van der Waals surface area contributed by atoms with Crippen LogP contribution in [0, 0.1) is 0 Å². The van der Waals surface area contributed by atoms with E-state index in [2.05, 4.69) is 39.9 Å². The number of thioether (sulfide) groups is 1. The Morgan fingerprint density at radius 1 is 1.54 bits per heavy atom. The molecular weight excluding hydrogens is 252 g/mol. The molecule has 0 saturated heterocycles. The molecule has 3 nitrogen and oxygen atoms in total. The second-order valence-corrected chi connectivity index (χ2v) is 4.94. The molecule has 0 saturated carbocycles. The van der Waals surface area contributed by atoms with Gasteiger partial charge in [0.2, 0.25) is 5.89 Å². The van der Waals surface area contributed by atoms with Gasteiger partial charge in [0.05, 0.1) is 10.6 Å². The van der Waals surface area contributed by atoms with Crippen molar-refractivity contribution in [2.75, 3.05) is 5.75 Å². The third-order valence-corrected chi connectivity index (χ3v) is 3.46. The van der Waals surface area contributed by atoms with Gasteiger partial charge in [0.25, 0.3) is 0 Å². The molecule has 1 aromatic heterocycles. The molecule has 0 amide bonds. The lowest BCUT2D eigenvalue weighted by Crippen LogP contribution is -1.89. The summed E-state index contributed by atoms with van der Waals surface area (Å²) in [5.74, 6) is 3.40. The minimum Gasteiger partial charge on any atom is -0.338 e. The highest BCUT2D eigenvalue weighted by Gasteiger charge is 2.13. The molecular formula is C8H13BrN2OS. The molecule has 1 atom stereocenters. The van der Waals surface area contributed by atoms with Gasteiger partial charge in [0, 0.05) is 0 Å². The van der Waals surface area contributed by atoms with Crippen LogP contribution >= 0.6 is 27.7 Å². The van der Waals surface area contributed by atoms with Crippen LogP contribution in [0.25, 0.3) is 0 Å². The maximum atomic E-state index is 5.09. The number of aromatic nitrogens is 2. The summed E-state index contributed by atoms with van der Waals surface area (Å²) in [6, 6.07) is 0. The normalized spacial score (nSPS) is 13.2. The van der Waals surface area contributed by atoms with Crippen molar-refractivity contribution >= 4 is 27.7 Å². The number of alkyl halides is 1. The SMILES string of the molecule is CCSCc1noc(C(Br)CC)n1. The van der Waals surface area contributed by atoms with Crippen molar-refractivity contribution in [3.63, 3.8) is 0 Å². The average Bonchev–Trinajstić information content (AvgIpc) is 2.62. The predicted octanol–water partition coefficient (Wildman–Crippen LogP) is 3.17. The molecule has 0 aromatic carbocycles. The van der Waals surface area contributed by atoms with Gasteiger partial charge in [-0.15, -0.1) is 0 Å². The Kier molecular flexibility index (Phi) is 4.80. The Morgan fingerprint density at radius 2 is 2.31 bits per heavy atom. The van der Waals surface area contributed by atoms with Gasteiger partial charge in [-0.2, -0.15) is 16.7 Å².